The van der Waals surface area contributed by atoms with E-state index in [2.05, 4.69) is 37.9 Å². The molecule has 0 spiro atoms. The molecule has 0 N–H and O–H groups in total. The molecule has 13 heteroatoms. The molecule has 0 aliphatic heterocycles. The van der Waals surface area contributed by atoms with Gasteiger partial charge in [0.05, 0.1) is 43.8 Å². The lowest BCUT2D eigenvalue weighted by molar-refractivity contribution is 0.624. The maximum atomic E-state index is 13.5. The second-order valence-corrected chi connectivity index (χ2v) is 10.8. The molecule has 0 bridgehead atoms. The Bertz CT molecular complexity index is 2190. The van der Waals surface area contributed by atoms with E-state index in [0.29, 0.717) is 33.5 Å². The molecule has 6 aromatic rings. The van der Waals surface area contributed by atoms with E-state index in [1.54, 1.807) is 49.1 Å². The first-order chi connectivity index (χ1) is 22.7. The van der Waals surface area contributed by atoms with E-state index in [4.69, 9.17) is 40.1 Å². The van der Waals surface area contributed by atoms with Gasteiger partial charge >= 0.3 is 0 Å². The summed E-state index contributed by atoms with van der Waals surface area (Å²) < 4.78 is 30.3. The third kappa shape index (κ3) is 9.96. The maximum Gasteiger partial charge on any atom is 0.167 e. The molecule has 8 nitrogen and oxygen atoms in total. The Balaban J connectivity index is 0.000000180. The van der Waals surface area contributed by atoms with E-state index in [1.165, 1.54) is 33.6 Å². The van der Waals surface area contributed by atoms with Crippen LogP contribution in [0.15, 0.2) is 97.6 Å². The minimum atomic E-state index is -0.521. The first kappa shape index (κ1) is 34.3. The van der Waals surface area contributed by atoms with Crippen molar-refractivity contribution < 1.29 is 8.78 Å². The average Bonchev–Trinajstić information content (AvgIpc) is 3.64. The van der Waals surface area contributed by atoms with Crippen molar-refractivity contribution in [3.8, 4) is 47.7 Å². The quantitative estimate of drug-likeness (QED) is 0.133. The Morgan fingerprint density at radius 1 is 0.702 bits per heavy atom. The lowest BCUT2D eigenvalue weighted by Crippen LogP contribution is -1.96. The topological polar surface area (TPSA) is 109 Å². The molecule has 228 valence electrons. The molecule has 47 heavy (non-hydrogen) atoms. The second kappa shape index (κ2) is 16.7. The molecule has 0 aliphatic rings. The molecule has 4 aromatic heterocycles. The van der Waals surface area contributed by atoms with Gasteiger partial charge in [-0.15, -0.1) is 6.42 Å². The fourth-order valence-corrected chi connectivity index (χ4v) is 4.27. The molecular formula is C34H17Cl2F2IN8. The summed E-state index contributed by atoms with van der Waals surface area (Å²) in [7, 11) is 0. The summed E-state index contributed by atoms with van der Waals surface area (Å²) in [6, 6.07) is 22.6. The van der Waals surface area contributed by atoms with E-state index in [1.807, 2.05) is 52.9 Å². The van der Waals surface area contributed by atoms with Crippen LogP contribution < -0.4 is 0 Å². The highest BCUT2D eigenvalue weighted by molar-refractivity contribution is 14.1. The predicted octanol–water partition coefficient (Wildman–Crippen LogP) is 7.54. The molecule has 0 aliphatic carbocycles. The van der Waals surface area contributed by atoms with Crippen molar-refractivity contribution in [3.05, 3.63) is 151 Å². The first-order valence-corrected chi connectivity index (χ1v) is 14.9. The number of benzene rings is 2. The van der Waals surface area contributed by atoms with Gasteiger partial charge in [0, 0.05) is 24.8 Å². The average molecular weight is 773 g/mol. The fraction of sp³-hybridized carbons (Fsp3) is 0. The molecule has 0 radical (unpaired) electrons. The number of aromatic nitrogens is 6. The van der Waals surface area contributed by atoms with Crippen molar-refractivity contribution in [2.24, 2.45) is 0 Å². The number of nitriles is 2. The Labute approximate surface area is 292 Å². The molecule has 0 atom stereocenters. The van der Waals surface area contributed by atoms with Crippen LogP contribution in [0.5, 0.6) is 0 Å². The van der Waals surface area contributed by atoms with Crippen molar-refractivity contribution in [1.29, 1.82) is 10.5 Å². The minimum absolute atomic E-state index is 0.191. The van der Waals surface area contributed by atoms with Gasteiger partial charge in [-0.1, -0.05) is 47.2 Å². The van der Waals surface area contributed by atoms with Crippen LogP contribution in [-0.2, 0) is 0 Å². The third-order valence-electron chi connectivity index (χ3n) is 5.65. The van der Waals surface area contributed by atoms with Gasteiger partial charge in [-0.25, -0.2) is 28.1 Å². The van der Waals surface area contributed by atoms with Crippen LogP contribution in [0, 0.1) is 62.1 Å². The summed E-state index contributed by atoms with van der Waals surface area (Å²) in [6.45, 7) is 0. The number of pyridine rings is 2. The first-order valence-electron chi connectivity index (χ1n) is 13.1. The lowest BCUT2D eigenvalue weighted by atomic mass is 10.2. The van der Waals surface area contributed by atoms with Crippen LogP contribution in [0.4, 0.5) is 8.78 Å². The maximum absolute atomic E-state index is 13.5. The van der Waals surface area contributed by atoms with Gasteiger partial charge in [0.2, 0.25) is 0 Å². The molecule has 0 saturated heterocycles. The summed E-state index contributed by atoms with van der Waals surface area (Å²) >= 11 is 13.9. The monoisotopic (exact) mass is 772 g/mol. The number of hydrogen-bond acceptors (Lipinski definition) is 6. The number of hydrogen-bond donors (Lipinski definition) is 0. The van der Waals surface area contributed by atoms with Crippen molar-refractivity contribution in [1.82, 2.24) is 29.5 Å². The SMILES string of the molecule is C#Cc1ccccn1.N#Cc1cc(F)cc(-n2cc(C#Cc3ccccn3)c(Cl)n2)c1.N#Cc1cc(F)cc(-n2cc(I)c(Cl)n2)c1. The lowest BCUT2D eigenvalue weighted by Gasteiger charge is -2.01. The van der Waals surface area contributed by atoms with Crippen LogP contribution in [0.25, 0.3) is 11.4 Å². The predicted molar refractivity (Wildman–Crippen MR) is 182 cm³/mol. The number of terminal acetylenes is 1. The number of nitrogens with zero attached hydrogens (tertiary/aromatic N) is 8. The van der Waals surface area contributed by atoms with Crippen molar-refractivity contribution >= 4 is 45.8 Å². The third-order valence-corrected chi connectivity index (χ3v) is 7.32. The highest BCUT2D eigenvalue weighted by atomic mass is 127. The normalized spacial score (nSPS) is 9.57. The van der Waals surface area contributed by atoms with Crippen molar-refractivity contribution in [2.45, 2.75) is 0 Å². The van der Waals surface area contributed by atoms with Crippen LogP contribution in [-0.4, -0.2) is 29.5 Å². The van der Waals surface area contributed by atoms with E-state index >= 15 is 0 Å². The van der Waals surface area contributed by atoms with E-state index in [0.717, 1.165) is 9.64 Å². The van der Waals surface area contributed by atoms with Crippen molar-refractivity contribution in [2.75, 3.05) is 0 Å². The smallest absolute Gasteiger partial charge is 0.167 e. The highest BCUT2D eigenvalue weighted by Gasteiger charge is 2.09. The van der Waals surface area contributed by atoms with E-state index in [-0.39, 0.29) is 16.3 Å². The molecule has 6 rings (SSSR count). The van der Waals surface area contributed by atoms with E-state index in [9.17, 15) is 8.78 Å². The Hall–Kier alpha value is -5.57. The largest absolute Gasteiger partial charge is 0.248 e. The Morgan fingerprint density at radius 3 is 1.68 bits per heavy atom. The van der Waals surface area contributed by atoms with Crippen molar-refractivity contribution in [3.63, 3.8) is 0 Å². The summed E-state index contributed by atoms with van der Waals surface area (Å²) in [4.78, 5) is 7.95. The molecule has 2 aromatic carbocycles. The summed E-state index contributed by atoms with van der Waals surface area (Å²) in [6.07, 6.45) is 11.6. The molecule has 0 unspecified atom stereocenters. The molecular weight excluding hydrogens is 756 g/mol. The summed E-state index contributed by atoms with van der Waals surface area (Å²) in [5.41, 5.74) is 3.10. The highest BCUT2D eigenvalue weighted by Crippen LogP contribution is 2.20. The van der Waals surface area contributed by atoms with Crippen LogP contribution in [0.3, 0.4) is 0 Å². The summed E-state index contributed by atoms with van der Waals surface area (Å²) in [5.74, 6) is 7.17. The van der Waals surface area contributed by atoms with Gasteiger partial charge in [-0.05, 0) is 89.2 Å². The molecule has 0 amide bonds. The molecule has 0 fully saturated rings. The van der Waals surface area contributed by atoms with Gasteiger partial charge in [-0.3, -0.25) is 0 Å². The number of halogens is 5. The molecule has 4 heterocycles. The van der Waals surface area contributed by atoms with Gasteiger partial charge in [-0.2, -0.15) is 20.7 Å². The summed E-state index contributed by atoms with van der Waals surface area (Å²) in [5, 5.41) is 26.3. The van der Waals surface area contributed by atoms with Crippen LogP contribution in [0.1, 0.15) is 28.1 Å². The van der Waals surface area contributed by atoms with Crippen LogP contribution in [0.2, 0.25) is 10.3 Å². The minimum Gasteiger partial charge on any atom is -0.248 e. The van der Waals surface area contributed by atoms with E-state index < -0.39 is 11.6 Å². The Kier molecular flexibility index (Phi) is 12.2. The zero-order valence-corrected chi connectivity index (χ0v) is 27.5. The van der Waals surface area contributed by atoms with Gasteiger partial charge in [0.25, 0.3) is 0 Å². The standard InChI is InChI=1S/C17H8ClFN4.C10H4ClFIN3.C7H5N/c18-17-13(4-5-15-3-1-2-6-21-15)11-23(22-17)16-8-12(10-20)7-14(19)9-16;11-10-9(13)5-16(15-10)8-2-6(4-14)1-7(12)3-8;1-2-7-5-3-4-6-8-7/h1-3,6-9,11H;1-3,5H;1,3-6H. The van der Waals surface area contributed by atoms with Gasteiger partial charge < -0.3 is 0 Å². The molecule has 0 saturated carbocycles. The number of rotatable bonds is 2. The van der Waals surface area contributed by atoms with Gasteiger partial charge in [0.1, 0.15) is 23.0 Å². The second-order valence-electron chi connectivity index (χ2n) is 8.93. The fourth-order valence-electron chi connectivity index (χ4n) is 3.59. The zero-order valence-electron chi connectivity index (χ0n) is 23.8. The Morgan fingerprint density at radius 2 is 1.23 bits per heavy atom. The van der Waals surface area contributed by atoms with Crippen LogP contribution >= 0.6 is 45.8 Å². The zero-order chi connectivity index (χ0) is 33.8. The van der Waals surface area contributed by atoms with Gasteiger partial charge in [0.15, 0.2) is 10.3 Å².